The molecular formula is C22H28F2O4. The minimum absolute atomic E-state index is 0.0611. The lowest BCUT2D eigenvalue weighted by Crippen LogP contribution is -2.59. The van der Waals surface area contributed by atoms with Crippen molar-refractivity contribution in [3.05, 3.63) is 23.6 Å². The minimum atomic E-state index is -1.56. The van der Waals surface area contributed by atoms with Gasteiger partial charge in [0.25, 0.3) is 0 Å². The number of fused-ring (bicyclic) bond motifs is 5. The van der Waals surface area contributed by atoms with Gasteiger partial charge >= 0.3 is 5.97 Å². The van der Waals surface area contributed by atoms with Gasteiger partial charge in [-0.25, -0.2) is 8.78 Å². The highest BCUT2D eigenvalue weighted by Crippen LogP contribution is 2.66. The number of ketones is 1. The molecule has 3 saturated carbocycles. The van der Waals surface area contributed by atoms with Crippen LogP contribution < -0.4 is 0 Å². The van der Waals surface area contributed by atoms with E-state index in [1.807, 2.05) is 13.8 Å². The second-order valence-electron chi connectivity index (χ2n) is 9.73. The third kappa shape index (κ3) is 2.49. The SMILES string of the molecule is CC(=O)O[C@@H]1[C@@H](C)C[C@H]2[C@@H]3C[C@H](F)C4=C(F)C(=O)C=C[C@]4(C)[C@H]3[C@@H](O)C[C@]12C. The number of aliphatic hydroxyl groups is 1. The van der Waals surface area contributed by atoms with E-state index in [2.05, 4.69) is 0 Å². The number of rotatable bonds is 1. The summed E-state index contributed by atoms with van der Waals surface area (Å²) in [5.41, 5.74) is -1.58. The number of esters is 1. The summed E-state index contributed by atoms with van der Waals surface area (Å²) >= 11 is 0. The molecule has 0 spiro atoms. The van der Waals surface area contributed by atoms with Gasteiger partial charge in [0, 0.05) is 29.2 Å². The highest BCUT2D eigenvalue weighted by atomic mass is 19.1. The summed E-state index contributed by atoms with van der Waals surface area (Å²) in [6.07, 6.45) is 1.35. The number of alkyl halides is 1. The summed E-state index contributed by atoms with van der Waals surface area (Å²) in [7, 11) is 0. The van der Waals surface area contributed by atoms with Crippen LogP contribution in [0.15, 0.2) is 23.6 Å². The Kier molecular flexibility index (Phi) is 4.38. The first kappa shape index (κ1) is 19.7. The van der Waals surface area contributed by atoms with Crippen molar-refractivity contribution in [2.75, 3.05) is 0 Å². The van der Waals surface area contributed by atoms with Gasteiger partial charge < -0.3 is 9.84 Å². The molecule has 4 aliphatic carbocycles. The molecule has 4 nitrogen and oxygen atoms in total. The molecule has 1 N–H and O–H groups in total. The molecule has 4 rings (SSSR count). The molecule has 0 aromatic rings. The van der Waals surface area contributed by atoms with Crippen molar-refractivity contribution in [2.45, 2.75) is 65.3 Å². The van der Waals surface area contributed by atoms with Gasteiger partial charge in [-0.3, -0.25) is 9.59 Å². The molecule has 0 unspecified atom stereocenters. The monoisotopic (exact) mass is 394 g/mol. The maximum absolute atomic E-state index is 15.2. The van der Waals surface area contributed by atoms with Crippen molar-refractivity contribution in [3.8, 4) is 0 Å². The van der Waals surface area contributed by atoms with Gasteiger partial charge in [0.05, 0.1) is 6.10 Å². The standard InChI is InChI=1S/C22H28F2O4/c1-10-7-13-12-8-14(23)18-19(24)15(26)5-6-21(18,3)17(12)16(27)9-22(13,4)20(10)28-11(2)25/h5-6,10,12-14,16-17,20,27H,7-9H2,1-4H3/t10-,12-,13-,14-,16-,17+,20+,21+,22-/m0/s1. The van der Waals surface area contributed by atoms with E-state index in [4.69, 9.17) is 4.74 Å². The molecule has 0 aromatic carbocycles. The zero-order chi connectivity index (χ0) is 20.6. The van der Waals surface area contributed by atoms with Crippen LogP contribution in [-0.2, 0) is 14.3 Å². The lowest BCUT2D eigenvalue weighted by atomic mass is 9.47. The van der Waals surface area contributed by atoms with Crippen LogP contribution in [0.4, 0.5) is 8.78 Å². The van der Waals surface area contributed by atoms with E-state index in [9.17, 15) is 19.1 Å². The van der Waals surface area contributed by atoms with Crippen molar-refractivity contribution in [3.63, 3.8) is 0 Å². The smallest absolute Gasteiger partial charge is 0.302 e. The number of hydrogen-bond donors (Lipinski definition) is 1. The Balaban J connectivity index is 1.77. The fraction of sp³-hybridized carbons (Fsp3) is 0.727. The van der Waals surface area contributed by atoms with E-state index in [1.54, 1.807) is 13.0 Å². The van der Waals surface area contributed by atoms with Crippen LogP contribution in [0.1, 0.15) is 47.0 Å². The maximum Gasteiger partial charge on any atom is 0.302 e. The Morgan fingerprint density at radius 3 is 2.64 bits per heavy atom. The van der Waals surface area contributed by atoms with Crippen LogP contribution in [0, 0.1) is 34.5 Å². The van der Waals surface area contributed by atoms with Crippen molar-refractivity contribution in [2.24, 2.45) is 34.5 Å². The molecule has 3 fully saturated rings. The number of aliphatic hydroxyl groups excluding tert-OH is 1. The summed E-state index contributed by atoms with van der Waals surface area (Å²) in [5, 5.41) is 11.2. The maximum atomic E-state index is 15.2. The molecule has 9 atom stereocenters. The number of carbonyl (C=O) groups is 2. The molecule has 0 aromatic heterocycles. The van der Waals surface area contributed by atoms with Crippen LogP contribution >= 0.6 is 0 Å². The van der Waals surface area contributed by atoms with Crippen molar-refractivity contribution >= 4 is 11.8 Å². The first-order valence-corrected chi connectivity index (χ1v) is 10.1. The minimum Gasteiger partial charge on any atom is -0.462 e. The fourth-order valence-corrected chi connectivity index (χ4v) is 7.19. The van der Waals surface area contributed by atoms with Crippen LogP contribution in [0.2, 0.25) is 0 Å². The number of hydrogen-bond acceptors (Lipinski definition) is 4. The highest BCUT2D eigenvalue weighted by Gasteiger charge is 2.66. The largest absolute Gasteiger partial charge is 0.462 e. The Morgan fingerprint density at radius 2 is 2.00 bits per heavy atom. The molecule has 0 bridgehead atoms. The number of ether oxygens (including phenoxy) is 1. The van der Waals surface area contributed by atoms with E-state index < -0.39 is 34.7 Å². The van der Waals surface area contributed by atoms with Gasteiger partial charge in [0.15, 0.2) is 5.83 Å². The van der Waals surface area contributed by atoms with Crippen LogP contribution in [0.25, 0.3) is 0 Å². The molecule has 0 aliphatic heterocycles. The van der Waals surface area contributed by atoms with E-state index >= 15 is 4.39 Å². The normalized spacial score (nSPS) is 50.1. The third-order valence-corrected chi connectivity index (χ3v) is 8.07. The lowest BCUT2D eigenvalue weighted by Gasteiger charge is -2.58. The van der Waals surface area contributed by atoms with E-state index in [0.29, 0.717) is 6.42 Å². The average Bonchev–Trinajstić information content (AvgIpc) is 2.82. The van der Waals surface area contributed by atoms with E-state index in [0.717, 1.165) is 6.42 Å². The van der Waals surface area contributed by atoms with Crippen molar-refractivity contribution in [1.82, 2.24) is 0 Å². The number of allylic oxidation sites excluding steroid dienone is 4. The number of halogens is 2. The lowest BCUT2D eigenvalue weighted by molar-refractivity contribution is -0.170. The average molecular weight is 394 g/mol. The summed E-state index contributed by atoms with van der Waals surface area (Å²) in [6, 6.07) is 0. The van der Waals surface area contributed by atoms with Crippen molar-refractivity contribution in [1.29, 1.82) is 0 Å². The fourth-order valence-electron chi connectivity index (χ4n) is 7.19. The first-order chi connectivity index (χ1) is 13.0. The van der Waals surface area contributed by atoms with Gasteiger partial charge in [-0.1, -0.05) is 26.8 Å². The third-order valence-electron chi connectivity index (χ3n) is 8.07. The molecule has 0 heterocycles. The Labute approximate surface area is 164 Å². The van der Waals surface area contributed by atoms with Gasteiger partial charge in [0.2, 0.25) is 5.78 Å². The zero-order valence-corrected chi connectivity index (χ0v) is 16.7. The summed E-state index contributed by atoms with van der Waals surface area (Å²) in [5.74, 6) is -2.53. The topological polar surface area (TPSA) is 63.6 Å². The van der Waals surface area contributed by atoms with Crippen molar-refractivity contribution < 1.29 is 28.2 Å². The molecule has 0 saturated heterocycles. The second kappa shape index (κ2) is 6.22. The van der Waals surface area contributed by atoms with Gasteiger partial charge in [0.1, 0.15) is 12.3 Å². The van der Waals surface area contributed by atoms with Crippen LogP contribution in [0.3, 0.4) is 0 Å². The molecule has 4 aliphatic rings. The zero-order valence-electron chi connectivity index (χ0n) is 16.7. The van der Waals surface area contributed by atoms with Crippen LogP contribution in [-0.4, -0.2) is 35.2 Å². The predicted molar refractivity (Wildman–Crippen MR) is 98.4 cm³/mol. The predicted octanol–water partition coefficient (Wildman–Crippen LogP) is 3.69. The second-order valence-corrected chi connectivity index (χ2v) is 9.73. The van der Waals surface area contributed by atoms with Gasteiger partial charge in [-0.15, -0.1) is 0 Å². The van der Waals surface area contributed by atoms with E-state index in [-0.39, 0.29) is 47.7 Å². The summed E-state index contributed by atoms with van der Waals surface area (Å²) in [6.45, 7) is 7.17. The number of carbonyl (C=O) groups excluding carboxylic acids is 2. The first-order valence-electron chi connectivity index (χ1n) is 10.1. The molecule has 6 heteroatoms. The van der Waals surface area contributed by atoms with Gasteiger partial charge in [-0.05, 0) is 43.1 Å². The highest BCUT2D eigenvalue weighted by molar-refractivity contribution is 6.04. The molecule has 28 heavy (non-hydrogen) atoms. The van der Waals surface area contributed by atoms with Gasteiger partial charge in [-0.2, -0.15) is 0 Å². The molecular weight excluding hydrogens is 366 g/mol. The quantitative estimate of drug-likeness (QED) is 0.689. The van der Waals surface area contributed by atoms with Crippen LogP contribution in [0.5, 0.6) is 0 Å². The van der Waals surface area contributed by atoms with E-state index in [1.165, 1.54) is 13.0 Å². The Hall–Kier alpha value is -1.56. The summed E-state index contributed by atoms with van der Waals surface area (Å²) in [4.78, 5) is 23.5. The molecule has 0 radical (unpaired) electrons. The molecule has 0 amide bonds. The molecule has 154 valence electrons. The Bertz CT molecular complexity index is 789. The Morgan fingerprint density at radius 1 is 1.32 bits per heavy atom. The summed E-state index contributed by atoms with van der Waals surface area (Å²) < 4.78 is 35.5.